The average molecular weight is 307 g/mol. The Morgan fingerprint density at radius 2 is 2.22 bits per heavy atom. The molecule has 2 N–H and O–H groups in total. The summed E-state index contributed by atoms with van der Waals surface area (Å²) in [5, 5.41) is -0.0748. The van der Waals surface area contributed by atoms with Gasteiger partial charge in [-0.3, -0.25) is 9.52 Å². The Morgan fingerprint density at radius 1 is 1.50 bits per heavy atom. The van der Waals surface area contributed by atoms with Gasteiger partial charge in [-0.25, -0.2) is 13.4 Å². The lowest BCUT2D eigenvalue weighted by atomic mass is 10.6. The van der Waals surface area contributed by atoms with Gasteiger partial charge in [-0.05, 0) is 24.6 Å². The average Bonchev–Trinajstić information content (AvgIpc) is 2.58. The molecule has 2 rings (SSSR count). The fraction of sp³-hybridized carbons (Fsp3) is 0.125. The first-order chi connectivity index (χ1) is 8.38. The van der Waals surface area contributed by atoms with Crippen LogP contribution in [0.3, 0.4) is 0 Å². The summed E-state index contributed by atoms with van der Waals surface area (Å²) in [6, 6.07) is 1.36. The molecule has 0 aromatic carbocycles. The van der Waals surface area contributed by atoms with Crippen LogP contribution in [0.4, 0.5) is 5.82 Å². The summed E-state index contributed by atoms with van der Waals surface area (Å²) in [4.78, 5) is 20.4. The van der Waals surface area contributed by atoms with Crippen molar-refractivity contribution < 1.29 is 8.42 Å². The molecule has 0 atom stereocenters. The number of aromatic nitrogens is 3. The standard InChI is InChI=1S/C8H7ClN4O3S2/c1-4-6(17-8(14)11-4)18(15,16)13-5-2-3-10-7(9)12-5/h2-3H,1H3,(H,11,14)(H,10,12,13). The molecule has 0 aliphatic carbocycles. The molecular formula is C8H7ClN4O3S2. The van der Waals surface area contributed by atoms with E-state index in [0.717, 1.165) is 0 Å². The number of nitrogens with zero attached hydrogens (tertiary/aromatic N) is 2. The van der Waals surface area contributed by atoms with Gasteiger partial charge in [0, 0.05) is 11.9 Å². The van der Waals surface area contributed by atoms with E-state index in [2.05, 4.69) is 19.7 Å². The summed E-state index contributed by atoms with van der Waals surface area (Å²) in [6.45, 7) is 1.50. The molecule has 96 valence electrons. The maximum atomic E-state index is 12.0. The number of aryl methyl sites for hydroxylation is 1. The summed E-state index contributed by atoms with van der Waals surface area (Å²) in [7, 11) is -3.85. The molecule has 7 nitrogen and oxygen atoms in total. The zero-order valence-electron chi connectivity index (χ0n) is 8.97. The van der Waals surface area contributed by atoms with Gasteiger partial charge in [-0.15, -0.1) is 0 Å². The van der Waals surface area contributed by atoms with Crippen LogP contribution >= 0.6 is 22.9 Å². The monoisotopic (exact) mass is 306 g/mol. The van der Waals surface area contributed by atoms with Gasteiger partial charge in [0.1, 0.15) is 5.82 Å². The number of rotatable bonds is 3. The fourth-order valence-corrected chi connectivity index (χ4v) is 3.67. The predicted molar refractivity (Wildman–Crippen MR) is 67.5 cm³/mol. The Labute approximate surface area is 111 Å². The molecule has 10 heteroatoms. The Bertz CT molecular complexity index is 737. The molecule has 0 aliphatic heterocycles. The normalized spacial score (nSPS) is 11.4. The van der Waals surface area contributed by atoms with Crippen molar-refractivity contribution in [3.63, 3.8) is 0 Å². The lowest BCUT2D eigenvalue weighted by Gasteiger charge is -2.05. The highest BCUT2D eigenvalue weighted by molar-refractivity contribution is 7.94. The molecule has 0 bridgehead atoms. The van der Waals surface area contributed by atoms with E-state index in [1.54, 1.807) is 0 Å². The number of halogens is 1. The smallest absolute Gasteiger partial charge is 0.306 e. The van der Waals surface area contributed by atoms with Crippen LogP contribution in [0.15, 0.2) is 21.3 Å². The topological polar surface area (TPSA) is 105 Å². The summed E-state index contributed by atoms with van der Waals surface area (Å²) < 4.78 is 26.1. The van der Waals surface area contributed by atoms with Crippen molar-refractivity contribution in [2.75, 3.05) is 4.72 Å². The number of hydrogen-bond acceptors (Lipinski definition) is 6. The van der Waals surface area contributed by atoms with E-state index in [1.165, 1.54) is 19.2 Å². The molecule has 0 unspecified atom stereocenters. The summed E-state index contributed by atoms with van der Waals surface area (Å²) in [6.07, 6.45) is 1.32. The predicted octanol–water partition coefficient (Wildman–Crippen LogP) is 0.989. The first-order valence-corrected chi connectivity index (χ1v) is 7.27. The largest absolute Gasteiger partial charge is 0.315 e. The van der Waals surface area contributed by atoms with Crippen LogP contribution in [0.2, 0.25) is 5.28 Å². The third-order valence-electron chi connectivity index (χ3n) is 1.89. The molecule has 2 aromatic rings. The van der Waals surface area contributed by atoms with Gasteiger partial charge < -0.3 is 4.98 Å². The van der Waals surface area contributed by atoms with Crippen molar-refractivity contribution in [2.24, 2.45) is 0 Å². The highest BCUT2D eigenvalue weighted by atomic mass is 35.5. The highest BCUT2D eigenvalue weighted by Gasteiger charge is 2.21. The van der Waals surface area contributed by atoms with Crippen LogP contribution in [-0.4, -0.2) is 23.4 Å². The number of aromatic amines is 1. The van der Waals surface area contributed by atoms with Crippen molar-refractivity contribution in [1.29, 1.82) is 0 Å². The van der Waals surface area contributed by atoms with E-state index < -0.39 is 14.9 Å². The number of thiazole rings is 1. The summed E-state index contributed by atoms with van der Waals surface area (Å²) in [5.41, 5.74) is 0.276. The first-order valence-electron chi connectivity index (χ1n) is 4.59. The maximum absolute atomic E-state index is 12.0. The molecule has 2 aromatic heterocycles. The third-order valence-corrected chi connectivity index (χ3v) is 5.03. The van der Waals surface area contributed by atoms with Crippen LogP contribution in [0, 0.1) is 6.92 Å². The Kier molecular flexibility index (Phi) is 3.37. The van der Waals surface area contributed by atoms with Crippen LogP contribution in [0.1, 0.15) is 5.69 Å². The molecule has 0 saturated heterocycles. The maximum Gasteiger partial charge on any atom is 0.306 e. The van der Waals surface area contributed by atoms with Crippen molar-refractivity contribution >= 4 is 38.8 Å². The second kappa shape index (κ2) is 4.67. The minimum atomic E-state index is -3.85. The van der Waals surface area contributed by atoms with Gasteiger partial charge in [0.25, 0.3) is 10.0 Å². The van der Waals surface area contributed by atoms with E-state index >= 15 is 0 Å². The van der Waals surface area contributed by atoms with Crippen molar-refractivity contribution in [1.82, 2.24) is 15.0 Å². The zero-order valence-corrected chi connectivity index (χ0v) is 11.4. The van der Waals surface area contributed by atoms with E-state index in [1.807, 2.05) is 0 Å². The first kappa shape index (κ1) is 13.0. The number of hydrogen-bond donors (Lipinski definition) is 2. The van der Waals surface area contributed by atoms with Crippen LogP contribution < -0.4 is 9.60 Å². The van der Waals surface area contributed by atoms with E-state index in [4.69, 9.17) is 11.6 Å². The number of nitrogens with one attached hydrogen (secondary N) is 2. The van der Waals surface area contributed by atoms with Crippen molar-refractivity contribution in [3.8, 4) is 0 Å². The van der Waals surface area contributed by atoms with E-state index in [-0.39, 0.29) is 21.0 Å². The summed E-state index contributed by atoms with van der Waals surface area (Å²) in [5.74, 6) is 0.0373. The van der Waals surface area contributed by atoms with Gasteiger partial charge >= 0.3 is 4.87 Å². The highest BCUT2D eigenvalue weighted by Crippen LogP contribution is 2.19. The number of sulfonamides is 1. The van der Waals surface area contributed by atoms with Gasteiger partial charge in [-0.2, -0.15) is 4.98 Å². The lowest BCUT2D eigenvalue weighted by Crippen LogP contribution is -2.13. The van der Waals surface area contributed by atoms with Crippen LogP contribution in [-0.2, 0) is 10.0 Å². The molecule has 0 amide bonds. The summed E-state index contributed by atoms with van der Waals surface area (Å²) >= 11 is 6.15. The van der Waals surface area contributed by atoms with E-state index in [0.29, 0.717) is 11.3 Å². The molecule has 0 spiro atoms. The molecular weight excluding hydrogens is 300 g/mol. The van der Waals surface area contributed by atoms with Gasteiger partial charge in [0.05, 0.1) is 0 Å². The minimum absolute atomic E-state index is 0.0373. The van der Waals surface area contributed by atoms with Gasteiger partial charge in [-0.1, -0.05) is 11.3 Å². The molecule has 0 saturated carbocycles. The SMILES string of the molecule is Cc1[nH]c(=O)sc1S(=O)(=O)Nc1ccnc(Cl)n1. The fourth-order valence-electron chi connectivity index (χ4n) is 1.22. The van der Waals surface area contributed by atoms with Crippen LogP contribution in [0.25, 0.3) is 0 Å². The van der Waals surface area contributed by atoms with Gasteiger partial charge in [0.15, 0.2) is 4.21 Å². The quantitative estimate of drug-likeness (QED) is 0.823. The third kappa shape index (κ3) is 2.68. The molecule has 0 fully saturated rings. The van der Waals surface area contributed by atoms with Crippen molar-refractivity contribution in [3.05, 3.63) is 32.9 Å². The molecule has 18 heavy (non-hydrogen) atoms. The zero-order chi connectivity index (χ0) is 13.3. The molecule has 2 heterocycles. The number of H-pyrrole nitrogens is 1. The molecule has 0 aliphatic rings. The Balaban J connectivity index is 2.39. The van der Waals surface area contributed by atoms with E-state index in [9.17, 15) is 13.2 Å². The minimum Gasteiger partial charge on any atom is -0.315 e. The second-order valence-electron chi connectivity index (χ2n) is 3.24. The second-order valence-corrected chi connectivity index (χ2v) is 6.44. The Morgan fingerprint density at radius 3 is 2.78 bits per heavy atom. The number of anilines is 1. The molecule has 0 radical (unpaired) electrons. The van der Waals surface area contributed by atoms with Crippen molar-refractivity contribution in [2.45, 2.75) is 11.1 Å². The van der Waals surface area contributed by atoms with Gasteiger partial charge in [0.2, 0.25) is 5.28 Å². The lowest BCUT2D eigenvalue weighted by molar-refractivity contribution is 0.602. The Hall–Kier alpha value is -1.45. The van der Waals surface area contributed by atoms with Crippen LogP contribution in [0.5, 0.6) is 0 Å².